The van der Waals surface area contributed by atoms with Crippen molar-refractivity contribution in [1.29, 1.82) is 0 Å². The van der Waals surface area contributed by atoms with E-state index in [4.69, 9.17) is 9.72 Å². The van der Waals surface area contributed by atoms with E-state index in [0.29, 0.717) is 77.3 Å². The molecule has 1 atom stereocenters. The van der Waals surface area contributed by atoms with E-state index in [0.717, 1.165) is 73.4 Å². The normalized spacial score (nSPS) is 18.6. The number of imide groups is 1. The number of methoxy groups -OCH3 is 1. The Morgan fingerprint density at radius 3 is 2.30 bits per heavy atom. The maximum atomic E-state index is 15.1. The van der Waals surface area contributed by atoms with Crippen LogP contribution in [0.15, 0.2) is 59.2 Å². The Hall–Kier alpha value is -5.71. The number of nitrogens with one attached hydrogen (secondary N) is 3. The molecule has 364 valence electrons. The highest BCUT2D eigenvalue weighted by Gasteiger charge is 2.36. The lowest BCUT2D eigenvalue weighted by molar-refractivity contribution is -0.135. The Kier molecular flexibility index (Phi) is 14.0. The Morgan fingerprint density at radius 2 is 1.64 bits per heavy atom. The molecule has 0 spiro atoms. The van der Waals surface area contributed by atoms with Crippen LogP contribution < -0.4 is 35.8 Å². The van der Waals surface area contributed by atoms with Gasteiger partial charge >= 0.3 is 0 Å². The minimum Gasteiger partial charge on any atom is -0.494 e. The van der Waals surface area contributed by atoms with Gasteiger partial charge in [0.25, 0.3) is 0 Å². The van der Waals surface area contributed by atoms with Crippen molar-refractivity contribution in [1.82, 2.24) is 30.1 Å². The summed E-state index contributed by atoms with van der Waals surface area (Å²) in [5, 5.41) is 10.5. The van der Waals surface area contributed by atoms with E-state index in [1.807, 2.05) is 41.0 Å². The molecule has 3 amide bonds. The van der Waals surface area contributed by atoms with Crippen molar-refractivity contribution >= 4 is 91.5 Å². The molecule has 4 aliphatic rings. The summed E-state index contributed by atoms with van der Waals surface area (Å²) in [7, 11) is -1.09. The van der Waals surface area contributed by atoms with Crippen molar-refractivity contribution in [3.05, 3.63) is 87.7 Å². The number of halogens is 3. The average molecular weight is 1030 g/mol. The summed E-state index contributed by atoms with van der Waals surface area (Å²) in [5.74, 6) is -2.03. The molecular weight excluding hydrogens is 969 g/mol. The van der Waals surface area contributed by atoms with E-state index in [1.54, 1.807) is 26.6 Å². The minimum atomic E-state index is -2.75. The summed E-state index contributed by atoms with van der Waals surface area (Å²) in [6.07, 6.45) is 4.96. The molecule has 2 aromatic heterocycles. The zero-order chi connectivity index (χ0) is 48.7. The molecule has 6 heterocycles. The smallest absolute Gasteiger partial charge is 0.234 e. The monoisotopic (exact) mass is 1030 g/mol. The molecule has 0 bridgehead atoms. The van der Waals surface area contributed by atoms with Crippen molar-refractivity contribution in [2.75, 3.05) is 93.2 Å². The lowest BCUT2D eigenvalue weighted by Crippen LogP contribution is -2.55. The summed E-state index contributed by atoms with van der Waals surface area (Å²) >= 11 is 3.61. The standard InChI is InChI=1S/C50H58BrF2N10O5P/c1-6-31-22-41(57-50-54-26-36(51)48(59-50)56-40-11-10-39-34(8-7-29(2)55-39)47(40)69(4,5)67)43(68-3)25-42(31)61-15-13-32(14-16-61)60-17-19-62(20-18-60)45(65)21-30-27-63(28-30)33-23-37(52)46(38(53)24-33)35-9-12-44(64)58-49(35)66/h7-8,10-11,22-26,30,32,35H,6,9,12-21,27-28H2,1-5H3,(H,58,64,66)(H2,54,56,57,59). The van der Waals surface area contributed by atoms with Crippen molar-refractivity contribution < 1.29 is 32.5 Å². The SMILES string of the molecule is CCc1cc(Nc2ncc(Br)c(Nc3ccc4nc(C)ccc4c3P(C)(C)=O)n2)c(OC)cc1N1CCC(N2CCN(C(=O)CC3CN(c4cc(F)c(C5CCC(=O)NC5=O)c(F)c4)C3)CC2)CC1. The lowest BCUT2D eigenvalue weighted by Gasteiger charge is -2.45. The number of rotatable bonds is 13. The highest BCUT2D eigenvalue weighted by atomic mass is 79.9. The van der Waals surface area contributed by atoms with Gasteiger partial charge in [0.1, 0.15) is 30.3 Å². The fourth-order valence-corrected chi connectivity index (χ4v) is 12.1. The molecule has 3 aromatic carbocycles. The Balaban J connectivity index is 0.771. The number of aromatic nitrogens is 3. The zero-order valence-corrected chi connectivity index (χ0v) is 42.1. The van der Waals surface area contributed by atoms with Crippen LogP contribution in [0, 0.1) is 24.5 Å². The number of carbonyl (C=O) groups excluding carboxylic acids is 3. The van der Waals surface area contributed by atoms with Crippen LogP contribution in [0.25, 0.3) is 10.9 Å². The second-order valence-electron chi connectivity index (χ2n) is 18.9. The van der Waals surface area contributed by atoms with E-state index in [1.165, 1.54) is 17.7 Å². The zero-order valence-electron chi connectivity index (χ0n) is 39.6. The number of anilines is 6. The van der Waals surface area contributed by atoms with Gasteiger partial charge in [0.15, 0.2) is 0 Å². The second kappa shape index (κ2) is 20.0. The molecule has 0 saturated carbocycles. The first-order chi connectivity index (χ1) is 33.1. The van der Waals surface area contributed by atoms with Crippen molar-refractivity contribution in [3.8, 4) is 5.75 Å². The first kappa shape index (κ1) is 48.3. The molecule has 0 radical (unpaired) electrons. The number of hydrogen-bond acceptors (Lipinski definition) is 13. The van der Waals surface area contributed by atoms with Gasteiger partial charge < -0.3 is 34.6 Å². The predicted octanol–water partition coefficient (Wildman–Crippen LogP) is 7.84. The summed E-state index contributed by atoms with van der Waals surface area (Å²) in [5.41, 5.74) is 5.49. The highest BCUT2D eigenvalue weighted by Crippen LogP contribution is 2.43. The van der Waals surface area contributed by atoms with Crippen molar-refractivity contribution in [2.45, 2.75) is 64.3 Å². The number of carbonyl (C=O) groups is 3. The molecule has 69 heavy (non-hydrogen) atoms. The van der Waals surface area contributed by atoms with Gasteiger partial charge in [-0.25, -0.2) is 13.8 Å². The van der Waals surface area contributed by atoms with Crippen LogP contribution in [0.2, 0.25) is 0 Å². The summed E-state index contributed by atoms with van der Waals surface area (Å²) in [4.78, 5) is 60.0. The first-order valence-corrected chi connectivity index (χ1v) is 27.0. The van der Waals surface area contributed by atoms with Crippen molar-refractivity contribution in [3.63, 3.8) is 0 Å². The number of aryl methyl sites for hydroxylation is 2. The number of nitrogens with zero attached hydrogens (tertiary/aromatic N) is 7. The van der Waals surface area contributed by atoms with Crippen LogP contribution in [0.1, 0.15) is 61.8 Å². The minimum absolute atomic E-state index is 0.0350. The molecule has 0 aliphatic carbocycles. The molecule has 3 N–H and O–H groups in total. The van der Waals surface area contributed by atoms with E-state index >= 15 is 8.78 Å². The van der Waals surface area contributed by atoms with Crippen LogP contribution in [0.4, 0.5) is 43.3 Å². The number of fused-ring (bicyclic) bond motifs is 1. The molecule has 15 nitrogen and oxygen atoms in total. The van der Waals surface area contributed by atoms with Gasteiger partial charge in [-0.2, -0.15) is 4.98 Å². The maximum absolute atomic E-state index is 15.1. The van der Waals surface area contributed by atoms with Gasteiger partial charge in [-0.1, -0.05) is 13.0 Å². The van der Waals surface area contributed by atoms with Crippen molar-refractivity contribution in [2.24, 2.45) is 5.92 Å². The third kappa shape index (κ3) is 10.3. The topological polar surface area (TPSA) is 165 Å². The molecule has 5 aromatic rings. The predicted molar refractivity (Wildman–Crippen MR) is 269 cm³/mol. The number of piperidine rings is 2. The Labute approximate surface area is 409 Å². The van der Waals surface area contributed by atoms with Gasteiger partial charge in [0.05, 0.1) is 34.4 Å². The quantitative estimate of drug-likeness (QED) is 0.0773. The number of piperazine rings is 1. The Morgan fingerprint density at radius 1 is 0.913 bits per heavy atom. The number of pyridine rings is 1. The van der Waals surface area contributed by atoms with Crippen LogP contribution in [-0.4, -0.2) is 121 Å². The van der Waals surface area contributed by atoms with E-state index in [2.05, 4.69) is 70.7 Å². The van der Waals surface area contributed by atoms with Crippen LogP contribution in [0.3, 0.4) is 0 Å². The fourth-order valence-electron chi connectivity index (χ4n) is 10.3. The number of benzene rings is 3. The molecule has 19 heteroatoms. The lowest BCUT2D eigenvalue weighted by atomic mass is 9.89. The fraction of sp³-hybridized carbons (Fsp3) is 0.440. The summed E-state index contributed by atoms with van der Waals surface area (Å²) in [6, 6.07) is 14.8. The molecule has 4 fully saturated rings. The summed E-state index contributed by atoms with van der Waals surface area (Å²) < 4.78 is 50.5. The largest absolute Gasteiger partial charge is 0.494 e. The van der Waals surface area contributed by atoms with E-state index in [9.17, 15) is 18.9 Å². The van der Waals surface area contributed by atoms with Crippen LogP contribution >= 0.6 is 23.1 Å². The molecule has 1 unspecified atom stereocenters. The van der Waals surface area contributed by atoms with Gasteiger partial charge in [-0.15, -0.1) is 0 Å². The second-order valence-corrected chi connectivity index (χ2v) is 22.9. The number of hydrogen-bond donors (Lipinski definition) is 3. The van der Waals surface area contributed by atoms with Gasteiger partial charge in [0.2, 0.25) is 23.7 Å². The molecule has 9 rings (SSSR count). The third-order valence-corrected chi connectivity index (χ3v) is 16.1. The number of amides is 3. The average Bonchev–Trinajstić information content (AvgIpc) is 3.31. The first-order valence-electron chi connectivity index (χ1n) is 23.6. The van der Waals surface area contributed by atoms with Gasteiger partial charge in [0, 0.05) is 123 Å². The molecular formula is C50H58BrF2N10O5P. The Bertz CT molecular complexity index is 2840. The van der Waals surface area contributed by atoms with Gasteiger partial charge in [-0.3, -0.25) is 29.6 Å². The third-order valence-electron chi connectivity index (χ3n) is 14.0. The highest BCUT2D eigenvalue weighted by molar-refractivity contribution is 9.10. The van der Waals surface area contributed by atoms with E-state index in [-0.39, 0.29) is 30.2 Å². The maximum Gasteiger partial charge on any atom is 0.234 e. The van der Waals surface area contributed by atoms with E-state index < -0.39 is 36.5 Å². The molecule has 4 aliphatic heterocycles. The molecule has 4 saturated heterocycles. The van der Waals surface area contributed by atoms with Crippen LogP contribution in [0.5, 0.6) is 5.75 Å². The number of ether oxygens (including phenoxy) is 1. The summed E-state index contributed by atoms with van der Waals surface area (Å²) in [6.45, 7) is 13.4. The van der Waals surface area contributed by atoms with Gasteiger partial charge in [-0.05, 0) is 104 Å². The van der Waals surface area contributed by atoms with Crippen LogP contribution in [-0.2, 0) is 25.4 Å².